The number of alkyl halides is 3. The van der Waals surface area contributed by atoms with Gasteiger partial charge in [-0.1, -0.05) is 0 Å². The Morgan fingerprint density at radius 2 is 1.80 bits per heavy atom. The van der Waals surface area contributed by atoms with Gasteiger partial charge >= 0.3 is 6.36 Å². The van der Waals surface area contributed by atoms with Gasteiger partial charge in [0.1, 0.15) is 10.7 Å². The van der Waals surface area contributed by atoms with E-state index in [0.717, 1.165) is 5.69 Å². The Morgan fingerprint density at radius 3 is 2.40 bits per heavy atom. The lowest BCUT2D eigenvalue weighted by molar-refractivity contribution is -0.440. The van der Waals surface area contributed by atoms with E-state index in [9.17, 15) is 22.0 Å². The zero-order valence-electron chi connectivity index (χ0n) is 13.3. The van der Waals surface area contributed by atoms with Crippen LogP contribution in [0.1, 0.15) is 5.56 Å². The van der Waals surface area contributed by atoms with Crippen molar-refractivity contribution in [1.82, 2.24) is 4.98 Å². The molecule has 0 unspecified atom stereocenters. The van der Waals surface area contributed by atoms with Gasteiger partial charge in [-0.05, 0) is 30.7 Å². The van der Waals surface area contributed by atoms with Gasteiger partial charge in [0.15, 0.2) is 5.82 Å². The molecule has 1 heterocycles. The molecule has 1 aromatic carbocycles. The standard InChI is InChI=1S/C15H13F5N2O2S/c1-8-6-10(11-7-9(22(2)3)4-5-21-11)13(17)14(12(8)16)25-24-23-15(18,19)20/h4-7H,1-3H3. The molecule has 0 atom stereocenters. The van der Waals surface area contributed by atoms with Crippen LogP contribution in [0.15, 0.2) is 29.3 Å². The minimum atomic E-state index is -5.09. The first-order chi connectivity index (χ1) is 11.6. The summed E-state index contributed by atoms with van der Waals surface area (Å²) < 4.78 is 68.4. The van der Waals surface area contributed by atoms with Crippen molar-refractivity contribution < 1.29 is 31.2 Å². The van der Waals surface area contributed by atoms with Crippen molar-refractivity contribution in [2.24, 2.45) is 0 Å². The summed E-state index contributed by atoms with van der Waals surface area (Å²) in [6, 6.07) is 4.48. The molecular weight excluding hydrogens is 367 g/mol. The number of benzene rings is 1. The number of aryl methyl sites for hydroxylation is 1. The van der Waals surface area contributed by atoms with E-state index in [1.54, 1.807) is 31.1 Å². The summed E-state index contributed by atoms with van der Waals surface area (Å²) in [7, 11) is 3.55. The van der Waals surface area contributed by atoms with Crippen molar-refractivity contribution in [2.75, 3.05) is 19.0 Å². The topological polar surface area (TPSA) is 34.6 Å². The van der Waals surface area contributed by atoms with Crippen molar-refractivity contribution in [3.05, 3.63) is 41.6 Å². The Hall–Kier alpha value is -1.91. The van der Waals surface area contributed by atoms with Crippen LogP contribution in [0.2, 0.25) is 0 Å². The van der Waals surface area contributed by atoms with Crippen LogP contribution >= 0.6 is 12.0 Å². The van der Waals surface area contributed by atoms with E-state index in [2.05, 4.69) is 14.2 Å². The minimum Gasteiger partial charge on any atom is -0.378 e. The van der Waals surface area contributed by atoms with E-state index in [1.165, 1.54) is 19.2 Å². The first kappa shape index (κ1) is 19.4. The number of hydrogen-bond donors (Lipinski definition) is 0. The number of nitrogens with zero attached hydrogens (tertiary/aromatic N) is 2. The molecule has 0 fully saturated rings. The second kappa shape index (κ2) is 7.54. The molecule has 0 saturated carbocycles. The summed E-state index contributed by atoms with van der Waals surface area (Å²) in [5.74, 6) is -2.14. The zero-order chi connectivity index (χ0) is 18.8. The lowest BCUT2D eigenvalue weighted by atomic mass is 10.1. The van der Waals surface area contributed by atoms with Crippen LogP contribution in [0, 0.1) is 18.6 Å². The quantitative estimate of drug-likeness (QED) is 0.320. The number of rotatable bonds is 5. The van der Waals surface area contributed by atoms with Crippen LogP contribution < -0.4 is 4.90 Å². The Bertz CT molecular complexity index is 768. The number of halogens is 5. The van der Waals surface area contributed by atoms with E-state index in [4.69, 9.17) is 0 Å². The molecule has 2 rings (SSSR count). The van der Waals surface area contributed by atoms with E-state index in [-0.39, 0.29) is 28.9 Å². The number of anilines is 1. The highest BCUT2D eigenvalue weighted by atomic mass is 32.2. The van der Waals surface area contributed by atoms with E-state index < -0.39 is 22.9 Å². The van der Waals surface area contributed by atoms with Crippen molar-refractivity contribution in [2.45, 2.75) is 18.2 Å². The third kappa shape index (κ3) is 4.80. The zero-order valence-corrected chi connectivity index (χ0v) is 14.1. The van der Waals surface area contributed by atoms with Crippen LogP contribution in [-0.2, 0) is 9.22 Å². The molecule has 136 valence electrons. The first-order valence-electron chi connectivity index (χ1n) is 6.81. The van der Waals surface area contributed by atoms with Gasteiger partial charge in [0, 0.05) is 31.5 Å². The SMILES string of the molecule is Cc1cc(-c2cc(N(C)C)ccn2)c(F)c(SOOC(F)(F)F)c1F. The van der Waals surface area contributed by atoms with Crippen molar-refractivity contribution in [1.29, 1.82) is 0 Å². The van der Waals surface area contributed by atoms with Gasteiger partial charge in [-0.2, -0.15) is 0 Å². The second-order valence-electron chi connectivity index (χ2n) is 5.17. The van der Waals surface area contributed by atoms with Crippen LogP contribution in [-0.4, -0.2) is 25.4 Å². The summed E-state index contributed by atoms with van der Waals surface area (Å²) in [5, 5.41) is 0. The maximum absolute atomic E-state index is 14.6. The van der Waals surface area contributed by atoms with Crippen LogP contribution in [0.25, 0.3) is 11.3 Å². The van der Waals surface area contributed by atoms with Gasteiger partial charge in [-0.25, -0.2) is 8.78 Å². The summed E-state index contributed by atoms with van der Waals surface area (Å²) in [4.78, 5) is 8.13. The highest BCUT2D eigenvalue weighted by Crippen LogP contribution is 2.36. The molecule has 25 heavy (non-hydrogen) atoms. The summed E-state index contributed by atoms with van der Waals surface area (Å²) in [6.07, 6.45) is -3.65. The maximum atomic E-state index is 14.6. The van der Waals surface area contributed by atoms with E-state index >= 15 is 0 Å². The molecule has 0 aliphatic carbocycles. The normalized spacial score (nSPS) is 11.7. The largest absolute Gasteiger partial charge is 0.550 e. The molecule has 0 bridgehead atoms. The fourth-order valence-electron chi connectivity index (χ4n) is 1.93. The number of hydrogen-bond acceptors (Lipinski definition) is 5. The Labute approximate surface area is 144 Å². The molecule has 0 aliphatic rings. The first-order valence-corrected chi connectivity index (χ1v) is 7.55. The van der Waals surface area contributed by atoms with Crippen LogP contribution in [0.5, 0.6) is 0 Å². The molecule has 0 amide bonds. The fourth-order valence-corrected chi connectivity index (χ4v) is 2.53. The number of pyridine rings is 1. The lowest BCUT2D eigenvalue weighted by Gasteiger charge is -2.15. The summed E-state index contributed by atoms with van der Waals surface area (Å²) in [5.41, 5.74) is 0.870. The molecule has 2 aromatic rings. The van der Waals surface area contributed by atoms with Gasteiger partial charge in [0.2, 0.25) is 0 Å². The van der Waals surface area contributed by atoms with Gasteiger partial charge in [-0.15, -0.1) is 22.4 Å². The van der Waals surface area contributed by atoms with Gasteiger partial charge < -0.3 is 4.90 Å². The van der Waals surface area contributed by atoms with Crippen LogP contribution in [0.3, 0.4) is 0 Å². The third-order valence-corrected chi connectivity index (χ3v) is 3.79. The predicted octanol–water partition coefficient (Wildman–Crippen LogP) is 4.88. The minimum absolute atomic E-state index is 0.0200. The molecular formula is C15H13F5N2O2S. The second-order valence-corrected chi connectivity index (χ2v) is 5.88. The Balaban J connectivity index is 2.42. The average molecular weight is 380 g/mol. The monoisotopic (exact) mass is 380 g/mol. The number of aromatic nitrogens is 1. The highest BCUT2D eigenvalue weighted by Gasteiger charge is 2.32. The van der Waals surface area contributed by atoms with E-state index in [1.807, 2.05) is 0 Å². The van der Waals surface area contributed by atoms with Gasteiger partial charge in [0.05, 0.1) is 17.7 Å². The fraction of sp³-hybridized carbons (Fsp3) is 0.267. The Kier molecular flexibility index (Phi) is 5.86. The van der Waals surface area contributed by atoms with Crippen molar-refractivity contribution in [3.63, 3.8) is 0 Å². The maximum Gasteiger partial charge on any atom is 0.550 e. The van der Waals surface area contributed by atoms with Gasteiger partial charge in [-0.3, -0.25) is 4.98 Å². The summed E-state index contributed by atoms with van der Waals surface area (Å²) >= 11 is -0.196. The lowest BCUT2D eigenvalue weighted by Crippen LogP contribution is -2.11. The highest BCUT2D eigenvalue weighted by molar-refractivity contribution is 7.94. The smallest absolute Gasteiger partial charge is 0.378 e. The summed E-state index contributed by atoms with van der Waals surface area (Å²) in [6.45, 7) is 1.35. The molecule has 0 spiro atoms. The molecule has 1 aromatic heterocycles. The molecule has 4 nitrogen and oxygen atoms in total. The molecule has 0 aliphatic heterocycles. The average Bonchev–Trinajstić information content (AvgIpc) is 2.53. The molecule has 0 radical (unpaired) electrons. The third-order valence-electron chi connectivity index (χ3n) is 3.12. The molecule has 10 heteroatoms. The molecule has 0 saturated heterocycles. The predicted molar refractivity (Wildman–Crippen MR) is 82.7 cm³/mol. The molecule has 0 N–H and O–H groups in total. The Morgan fingerprint density at radius 1 is 1.12 bits per heavy atom. The van der Waals surface area contributed by atoms with Crippen molar-refractivity contribution in [3.8, 4) is 11.3 Å². The van der Waals surface area contributed by atoms with Crippen LogP contribution in [0.4, 0.5) is 27.6 Å². The van der Waals surface area contributed by atoms with Crippen molar-refractivity contribution >= 4 is 17.7 Å². The van der Waals surface area contributed by atoms with E-state index in [0.29, 0.717) is 0 Å². The van der Waals surface area contributed by atoms with Gasteiger partial charge in [0.25, 0.3) is 0 Å².